The smallest absolute Gasteiger partial charge is 0.127 e. The van der Waals surface area contributed by atoms with Gasteiger partial charge in [-0.25, -0.2) is 5.43 Å². The zero-order valence-corrected chi connectivity index (χ0v) is 10.6. The molecule has 0 bridgehead atoms. The SMILES string of the molecule is COc1ccc(C(C)NN(C)C)c(OC)c1. The van der Waals surface area contributed by atoms with Crippen molar-refractivity contribution in [3.63, 3.8) is 0 Å². The Hall–Kier alpha value is -1.26. The summed E-state index contributed by atoms with van der Waals surface area (Å²) in [5, 5.41) is 1.92. The number of benzene rings is 1. The second-order valence-electron chi connectivity index (χ2n) is 3.85. The second kappa shape index (κ2) is 5.72. The third kappa shape index (κ3) is 3.12. The van der Waals surface area contributed by atoms with Crippen LogP contribution in [-0.4, -0.2) is 33.3 Å². The van der Waals surface area contributed by atoms with Crippen LogP contribution >= 0.6 is 0 Å². The molecule has 0 radical (unpaired) electrons. The first-order valence-electron chi connectivity index (χ1n) is 5.24. The number of ether oxygens (including phenoxy) is 2. The molecule has 0 aliphatic rings. The molecule has 90 valence electrons. The Balaban J connectivity index is 2.94. The van der Waals surface area contributed by atoms with E-state index in [2.05, 4.69) is 12.3 Å². The van der Waals surface area contributed by atoms with Crippen molar-refractivity contribution in [3.05, 3.63) is 23.8 Å². The van der Waals surface area contributed by atoms with Crippen LogP contribution in [0.3, 0.4) is 0 Å². The van der Waals surface area contributed by atoms with Crippen molar-refractivity contribution < 1.29 is 9.47 Å². The molecule has 0 heterocycles. The molecule has 0 fully saturated rings. The number of hydrazine groups is 1. The molecule has 0 aliphatic heterocycles. The zero-order chi connectivity index (χ0) is 12.1. The molecule has 1 atom stereocenters. The van der Waals surface area contributed by atoms with Crippen molar-refractivity contribution >= 4 is 0 Å². The van der Waals surface area contributed by atoms with Gasteiger partial charge in [0.2, 0.25) is 0 Å². The molecule has 4 nitrogen and oxygen atoms in total. The van der Waals surface area contributed by atoms with Gasteiger partial charge in [-0.2, -0.15) is 0 Å². The van der Waals surface area contributed by atoms with Crippen LogP contribution in [-0.2, 0) is 0 Å². The van der Waals surface area contributed by atoms with Crippen LogP contribution in [0.5, 0.6) is 11.5 Å². The molecule has 1 rings (SSSR count). The van der Waals surface area contributed by atoms with Crippen LogP contribution in [0.2, 0.25) is 0 Å². The van der Waals surface area contributed by atoms with E-state index >= 15 is 0 Å². The van der Waals surface area contributed by atoms with E-state index in [1.54, 1.807) is 14.2 Å². The minimum atomic E-state index is 0.191. The van der Waals surface area contributed by atoms with Crippen LogP contribution in [0.1, 0.15) is 18.5 Å². The quantitative estimate of drug-likeness (QED) is 0.774. The molecule has 0 saturated carbocycles. The molecule has 0 spiro atoms. The summed E-state index contributed by atoms with van der Waals surface area (Å²) in [7, 11) is 7.25. The van der Waals surface area contributed by atoms with Crippen LogP contribution < -0.4 is 14.9 Å². The molecule has 1 aromatic carbocycles. The van der Waals surface area contributed by atoms with Crippen LogP contribution in [0.4, 0.5) is 0 Å². The Morgan fingerprint density at radius 2 is 1.88 bits per heavy atom. The molecular formula is C12H20N2O2. The Bertz CT molecular complexity index is 340. The van der Waals surface area contributed by atoms with Crippen molar-refractivity contribution in [2.45, 2.75) is 13.0 Å². The van der Waals surface area contributed by atoms with Gasteiger partial charge in [-0.1, -0.05) is 6.07 Å². The van der Waals surface area contributed by atoms with Gasteiger partial charge in [0, 0.05) is 31.8 Å². The van der Waals surface area contributed by atoms with Crippen LogP contribution in [0.15, 0.2) is 18.2 Å². The van der Waals surface area contributed by atoms with Crippen LogP contribution in [0, 0.1) is 0 Å². The molecule has 1 aromatic rings. The topological polar surface area (TPSA) is 33.7 Å². The fourth-order valence-corrected chi connectivity index (χ4v) is 1.63. The summed E-state index contributed by atoms with van der Waals surface area (Å²) in [5.41, 5.74) is 4.39. The number of nitrogens with one attached hydrogen (secondary N) is 1. The van der Waals surface area contributed by atoms with Gasteiger partial charge < -0.3 is 9.47 Å². The lowest BCUT2D eigenvalue weighted by Crippen LogP contribution is -2.32. The minimum absolute atomic E-state index is 0.191. The number of hydrogen-bond acceptors (Lipinski definition) is 4. The highest BCUT2D eigenvalue weighted by Crippen LogP contribution is 2.29. The van der Waals surface area contributed by atoms with Gasteiger partial charge in [0.1, 0.15) is 11.5 Å². The van der Waals surface area contributed by atoms with E-state index in [0.717, 1.165) is 17.1 Å². The van der Waals surface area contributed by atoms with E-state index < -0.39 is 0 Å². The highest BCUT2D eigenvalue weighted by Gasteiger charge is 2.12. The molecule has 1 unspecified atom stereocenters. The molecule has 1 N–H and O–H groups in total. The van der Waals surface area contributed by atoms with Crippen molar-refractivity contribution in [3.8, 4) is 11.5 Å². The zero-order valence-electron chi connectivity index (χ0n) is 10.6. The predicted molar refractivity (Wildman–Crippen MR) is 64.8 cm³/mol. The summed E-state index contributed by atoms with van der Waals surface area (Å²) in [6.45, 7) is 2.09. The molecular weight excluding hydrogens is 204 g/mol. The fourth-order valence-electron chi connectivity index (χ4n) is 1.63. The Morgan fingerprint density at radius 1 is 1.19 bits per heavy atom. The summed E-state index contributed by atoms with van der Waals surface area (Å²) >= 11 is 0. The van der Waals surface area contributed by atoms with Gasteiger partial charge >= 0.3 is 0 Å². The van der Waals surface area contributed by atoms with E-state index in [-0.39, 0.29) is 6.04 Å². The van der Waals surface area contributed by atoms with Gasteiger partial charge in [-0.3, -0.25) is 5.01 Å². The van der Waals surface area contributed by atoms with Crippen molar-refractivity contribution in [2.75, 3.05) is 28.3 Å². The first-order chi connectivity index (χ1) is 7.58. The van der Waals surface area contributed by atoms with Crippen LogP contribution in [0.25, 0.3) is 0 Å². The minimum Gasteiger partial charge on any atom is -0.497 e. The summed E-state index contributed by atoms with van der Waals surface area (Å²) in [5.74, 6) is 1.64. The van der Waals surface area contributed by atoms with Gasteiger partial charge in [-0.15, -0.1) is 0 Å². The fraction of sp³-hybridized carbons (Fsp3) is 0.500. The van der Waals surface area contributed by atoms with Gasteiger partial charge in [-0.05, 0) is 13.0 Å². The predicted octanol–water partition coefficient (Wildman–Crippen LogP) is 1.83. The van der Waals surface area contributed by atoms with Gasteiger partial charge in [0.05, 0.1) is 14.2 Å². The molecule has 0 aromatic heterocycles. The summed E-state index contributed by atoms with van der Waals surface area (Å²) in [4.78, 5) is 0. The Kier molecular flexibility index (Phi) is 4.58. The molecule has 0 saturated heterocycles. The molecule has 0 amide bonds. The van der Waals surface area contributed by atoms with E-state index in [0.29, 0.717) is 0 Å². The summed E-state index contributed by atoms with van der Waals surface area (Å²) in [6, 6.07) is 6.03. The van der Waals surface area contributed by atoms with E-state index in [4.69, 9.17) is 9.47 Å². The lowest BCUT2D eigenvalue weighted by atomic mass is 10.1. The maximum atomic E-state index is 5.35. The summed E-state index contributed by atoms with van der Waals surface area (Å²) < 4.78 is 10.5. The number of rotatable bonds is 5. The second-order valence-corrected chi connectivity index (χ2v) is 3.85. The maximum absolute atomic E-state index is 5.35. The average molecular weight is 224 g/mol. The lowest BCUT2D eigenvalue weighted by Gasteiger charge is -2.21. The van der Waals surface area contributed by atoms with Crippen molar-refractivity contribution in [2.24, 2.45) is 0 Å². The molecule has 16 heavy (non-hydrogen) atoms. The monoisotopic (exact) mass is 224 g/mol. The van der Waals surface area contributed by atoms with E-state index in [1.165, 1.54) is 0 Å². The lowest BCUT2D eigenvalue weighted by molar-refractivity contribution is 0.248. The van der Waals surface area contributed by atoms with Crippen molar-refractivity contribution in [1.82, 2.24) is 10.4 Å². The Labute approximate surface area is 97.1 Å². The highest BCUT2D eigenvalue weighted by atomic mass is 16.5. The first kappa shape index (κ1) is 12.8. The first-order valence-corrected chi connectivity index (χ1v) is 5.24. The standard InChI is InChI=1S/C12H20N2O2/c1-9(13-14(2)3)11-7-6-10(15-4)8-12(11)16-5/h6-9,13H,1-5H3. The number of hydrogen-bond donors (Lipinski definition) is 1. The largest absolute Gasteiger partial charge is 0.497 e. The van der Waals surface area contributed by atoms with Gasteiger partial charge in [0.25, 0.3) is 0 Å². The van der Waals surface area contributed by atoms with E-state index in [9.17, 15) is 0 Å². The number of methoxy groups -OCH3 is 2. The normalized spacial score (nSPS) is 12.6. The van der Waals surface area contributed by atoms with Crippen molar-refractivity contribution in [1.29, 1.82) is 0 Å². The maximum Gasteiger partial charge on any atom is 0.127 e. The highest BCUT2D eigenvalue weighted by molar-refractivity contribution is 5.42. The third-order valence-electron chi connectivity index (χ3n) is 2.36. The number of nitrogens with zero attached hydrogens (tertiary/aromatic N) is 1. The van der Waals surface area contributed by atoms with Gasteiger partial charge in [0.15, 0.2) is 0 Å². The van der Waals surface area contributed by atoms with E-state index in [1.807, 2.05) is 37.3 Å². The third-order valence-corrected chi connectivity index (χ3v) is 2.36. The molecule has 4 heteroatoms. The summed E-state index contributed by atoms with van der Waals surface area (Å²) in [6.07, 6.45) is 0. The Morgan fingerprint density at radius 3 is 2.38 bits per heavy atom. The molecule has 0 aliphatic carbocycles. The average Bonchev–Trinajstić information content (AvgIpc) is 2.27.